The molecular formula is C24H17F3N2O8. The van der Waals surface area contributed by atoms with E-state index in [1.807, 2.05) is 0 Å². The molecule has 13 heteroatoms. The number of carbonyl (C=O) groups is 3. The average Bonchev–Trinajstić information content (AvgIpc) is 2.84. The summed E-state index contributed by atoms with van der Waals surface area (Å²) in [6.45, 7) is 1.53. The lowest BCUT2D eigenvalue weighted by atomic mass is 10.1. The molecule has 0 spiro atoms. The maximum atomic E-state index is 13.3. The van der Waals surface area contributed by atoms with Crippen LogP contribution in [0.3, 0.4) is 0 Å². The molecule has 0 fully saturated rings. The predicted octanol–water partition coefficient (Wildman–Crippen LogP) is 5.53. The smallest absolute Gasteiger partial charge is 0.416 e. The average molecular weight is 518 g/mol. The number of amides is 1. The maximum absolute atomic E-state index is 13.3. The minimum atomic E-state index is -4.78. The van der Waals surface area contributed by atoms with E-state index in [1.165, 1.54) is 25.1 Å². The zero-order valence-electron chi connectivity index (χ0n) is 18.9. The van der Waals surface area contributed by atoms with Crippen LogP contribution in [0.2, 0.25) is 0 Å². The molecule has 1 amide bonds. The van der Waals surface area contributed by atoms with E-state index in [4.69, 9.17) is 9.47 Å². The van der Waals surface area contributed by atoms with E-state index in [1.54, 1.807) is 0 Å². The number of hydrogen-bond acceptors (Lipinski definition) is 7. The normalized spacial score (nSPS) is 10.9. The Kier molecular flexibility index (Phi) is 7.76. The van der Waals surface area contributed by atoms with Gasteiger partial charge in [0.25, 0.3) is 11.6 Å². The van der Waals surface area contributed by atoms with Gasteiger partial charge in [0.1, 0.15) is 5.75 Å². The SMILES string of the molecule is CCOC(=O)c1ccc(Oc2ccc(C(F)(F)F)cc2NC(=O)c2cccc([N+](=O)[O-])c2)cc1C(=O)O. The summed E-state index contributed by atoms with van der Waals surface area (Å²) in [6.07, 6.45) is -4.78. The van der Waals surface area contributed by atoms with Crippen molar-refractivity contribution < 1.29 is 47.1 Å². The molecule has 0 saturated carbocycles. The van der Waals surface area contributed by atoms with E-state index in [0.717, 1.165) is 30.3 Å². The van der Waals surface area contributed by atoms with Crippen LogP contribution in [0.1, 0.15) is 43.6 Å². The summed E-state index contributed by atoms with van der Waals surface area (Å²) < 4.78 is 50.3. The van der Waals surface area contributed by atoms with Gasteiger partial charge in [0.05, 0.1) is 33.9 Å². The first-order valence-electron chi connectivity index (χ1n) is 10.4. The molecule has 0 aliphatic heterocycles. The topological polar surface area (TPSA) is 145 Å². The van der Waals surface area contributed by atoms with Crippen LogP contribution in [-0.4, -0.2) is 34.5 Å². The minimum Gasteiger partial charge on any atom is -0.478 e. The standard InChI is InChI=1S/C24H17F3N2O8/c1-2-36-23(33)17-8-7-16(12-18(17)22(31)32)37-20-9-6-14(24(25,26)27)11-19(20)28-21(30)13-4-3-5-15(10-13)29(34)35/h3-12H,2H2,1H3,(H,28,30)(H,31,32). The van der Waals surface area contributed by atoms with Gasteiger partial charge in [-0.2, -0.15) is 13.2 Å². The third-order valence-electron chi connectivity index (χ3n) is 4.82. The number of ether oxygens (including phenoxy) is 2. The molecule has 3 aromatic rings. The Balaban J connectivity index is 2.00. The van der Waals surface area contributed by atoms with Crippen LogP contribution in [0.4, 0.5) is 24.5 Å². The quantitative estimate of drug-likeness (QED) is 0.225. The summed E-state index contributed by atoms with van der Waals surface area (Å²) in [7, 11) is 0. The molecule has 192 valence electrons. The number of halogens is 3. The number of anilines is 1. The number of benzene rings is 3. The molecule has 0 radical (unpaired) electrons. The molecular weight excluding hydrogens is 501 g/mol. The highest BCUT2D eigenvalue weighted by Gasteiger charge is 2.32. The van der Waals surface area contributed by atoms with Crippen molar-refractivity contribution in [2.45, 2.75) is 13.1 Å². The lowest BCUT2D eigenvalue weighted by Gasteiger charge is -2.16. The van der Waals surface area contributed by atoms with Crippen molar-refractivity contribution in [1.29, 1.82) is 0 Å². The van der Waals surface area contributed by atoms with Gasteiger partial charge in [-0.25, -0.2) is 9.59 Å². The molecule has 2 N–H and O–H groups in total. The summed E-state index contributed by atoms with van der Waals surface area (Å²) in [4.78, 5) is 46.6. The van der Waals surface area contributed by atoms with Gasteiger partial charge in [0.2, 0.25) is 0 Å². The molecule has 3 aromatic carbocycles. The zero-order chi connectivity index (χ0) is 27.3. The second-order valence-corrected chi connectivity index (χ2v) is 7.31. The summed E-state index contributed by atoms with van der Waals surface area (Å²) in [6, 6.07) is 10.00. The van der Waals surface area contributed by atoms with E-state index in [9.17, 15) is 42.8 Å². The molecule has 0 unspecified atom stereocenters. The van der Waals surface area contributed by atoms with Crippen molar-refractivity contribution in [1.82, 2.24) is 0 Å². The van der Waals surface area contributed by atoms with Crippen molar-refractivity contribution in [3.05, 3.63) is 93.0 Å². The number of carboxylic acid groups (broad SMARTS) is 1. The molecule has 0 aliphatic rings. The highest BCUT2D eigenvalue weighted by molar-refractivity contribution is 6.05. The summed E-state index contributed by atoms with van der Waals surface area (Å²) in [5.41, 5.74) is -2.94. The number of carbonyl (C=O) groups excluding carboxylic acids is 2. The Bertz CT molecular complexity index is 1390. The molecule has 0 atom stereocenters. The van der Waals surface area contributed by atoms with Crippen LogP contribution < -0.4 is 10.1 Å². The van der Waals surface area contributed by atoms with Gasteiger partial charge < -0.3 is 19.9 Å². The Morgan fingerprint density at radius 2 is 1.76 bits per heavy atom. The number of nitro benzene ring substituents is 1. The first-order chi connectivity index (χ1) is 17.4. The van der Waals surface area contributed by atoms with Gasteiger partial charge >= 0.3 is 18.1 Å². The molecule has 37 heavy (non-hydrogen) atoms. The third-order valence-corrected chi connectivity index (χ3v) is 4.82. The zero-order valence-corrected chi connectivity index (χ0v) is 18.9. The van der Waals surface area contributed by atoms with Crippen molar-refractivity contribution in [3.63, 3.8) is 0 Å². The molecule has 0 saturated heterocycles. The maximum Gasteiger partial charge on any atom is 0.416 e. The van der Waals surface area contributed by atoms with Crippen LogP contribution in [-0.2, 0) is 10.9 Å². The van der Waals surface area contributed by atoms with Crippen LogP contribution >= 0.6 is 0 Å². The summed E-state index contributed by atoms with van der Waals surface area (Å²) in [5.74, 6) is -3.81. The summed E-state index contributed by atoms with van der Waals surface area (Å²) in [5, 5.41) is 22.7. The fourth-order valence-corrected chi connectivity index (χ4v) is 3.13. The van der Waals surface area contributed by atoms with Crippen molar-refractivity contribution >= 4 is 29.2 Å². The van der Waals surface area contributed by atoms with E-state index in [2.05, 4.69) is 5.32 Å². The fraction of sp³-hybridized carbons (Fsp3) is 0.125. The Hall–Kier alpha value is -4.94. The van der Waals surface area contributed by atoms with Gasteiger partial charge in [0, 0.05) is 17.7 Å². The predicted molar refractivity (Wildman–Crippen MR) is 122 cm³/mol. The Morgan fingerprint density at radius 3 is 2.38 bits per heavy atom. The second kappa shape index (κ2) is 10.8. The molecule has 0 aliphatic carbocycles. The number of alkyl halides is 3. The Morgan fingerprint density at radius 1 is 1.03 bits per heavy atom. The number of esters is 1. The number of nitro groups is 1. The van der Waals surface area contributed by atoms with Crippen molar-refractivity contribution in [2.24, 2.45) is 0 Å². The summed E-state index contributed by atoms with van der Waals surface area (Å²) >= 11 is 0. The third kappa shape index (κ3) is 6.39. The first-order valence-corrected chi connectivity index (χ1v) is 10.4. The van der Waals surface area contributed by atoms with Crippen LogP contribution in [0.5, 0.6) is 11.5 Å². The lowest BCUT2D eigenvalue weighted by molar-refractivity contribution is -0.384. The lowest BCUT2D eigenvalue weighted by Crippen LogP contribution is -2.14. The van der Waals surface area contributed by atoms with Gasteiger partial charge in [-0.05, 0) is 49.4 Å². The number of nitrogens with zero attached hydrogens (tertiary/aromatic N) is 1. The monoisotopic (exact) mass is 518 g/mol. The molecule has 0 heterocycles. The van der Waals surface area contributed by atoms with Gasteiger partial charge in [-0.15, -0.1) is 0 Å². The van der Waals surface area contributed by atoms with Crippen LogP contribution in [0.25, 0.3) is 0 Å². The fourth-order valence-electron chi connectivity index (χ4n) is 3.13. The number of carboxylic acids is 1. The number of hydrogen-bond donors (Lipinski definition) is 2. The number of non-ortho nitro benzene ring substituents is 1. The van der Waals surface area contributed by atoms with Gasteiger partial charge in [0.15, 0.2) is 5.75 Å². The second-order valence-electron chi connectivity index (χ2n) is 7.31. The largest absolute Gasteiger partial charge is 0.478 e. The molecule has 10 nitrogen and oxygen atoms in total. The van der Waals surface area contributed by atoms with Gasteiger partial charge in [-0.1, -0.05) is 6.07 Å². The Labute approximate surface area is 206 Å². The number of aromatic carboxylic acids is 1. The highest BCUT2D eigenvalue weighted by atomic mass is 19.4. The first kappa shape index (κ1) is 26.7. The highest BCUT2D eigenvalue weighted by Crippen LogP contribution is 2.37. The number of nitrogens with one attached hydrogen (secondary N) is 1. The number of rotatable bonds is 8. The molecule has 0 bridgehead atoms. The van der Waals surface area contributed by atoms with Crippen LogP contribution in [0.15, 0.2) is 60.7 Å². The van der Waals surface area contributed by atoms with Crippen molar-refractivity contribution in [3.8, 4) is 11.5 Å². The van der Waals surface area contributed by atoms with Crippen LogP contribution in [0, 0.1) is 10.1 Å². The minimum absolute atomic E-state index is 0.00463. The van der Waals surface area contributed by atoms with E-state index < -0.39 is 51.4 Å². The van der Waals surface area contributed by atoms with Gasteiger partial charge in [-0.3, -0.25) is 14.9 Å². The van der Waals surface area contributed by atoms with Crippen molar-refractivity contribution in [2.75, 3.05) is 11.9 Å². The van der Waals surface area contributed by atoms with E-state index in [0.29, 0.717) is 12.1 Å². The molecule has 0 aromatic heterocycles. The van der Waals surface area contributed by atoms with E-state index in [-0.39, 0.29) is 29.2 Å². The molecule has 3 rings (SSSR count). The van der Waals surface area contributed by atoms with E-state index >= 15 is 0 Å².